The summed E-state index contributed by atoms with van der Waals surface area (Å²) in [5, 5.41) is 65.0. The molecule has 7 N–H and O–H groups in total. The molecule has 1 amide bonds. The molecule has 0 aromatic carbocycles. The Bertz CT molecular complexity index is 1270. The molecule has 1 heterocycles. The predicted octanol–water partition coefficient (Wildman–Crippen LogP) is 16.3. The topological polar surface area (TPSA) is 169 Å². The summed E-state index contributed by atoms with van der Waals surface area (Å²) in [4.78, 5) is 13.1. The Labute approximate surface area is 469 Å². The highest BCUT2D eigenvalue weighted by Gasteiger charge is 2.44. The fraction of sp³-hybridized carbons (Fsp3) is 0.924. The number of amides is 1. The Kier molecular flexibility index (Phi) is 53.1. The van der Waals surface area contributed by atoms with Gasteiger partial charge in [0, 0.05) is 0 Å². The summed E-state index contributed by atoms with van der Waals surface area (Å²) in [5.41, 5.74) is 0. The lowest BCUT2D eigenvalue weighted by atomic mass is 9.99. The molecule has 76 heavy (non-hydrogen) atoms. The van der Waals surface area contributed by atoms with Gasteiger partial charge < -0.3 is 45.4 Å². The average Bonchev–Trinajstić information content (AvgIpc) is 3.42. The van der Waals surface area contributed by atoms with E-state index in [1.807, 2.05) is 6.08 Å². The average molecular weight is 1080 g/mol. The Morgan fingerprint density at radius 3 is 1.11 bits per heavy atom. The van der Waals surface area contributed by atoms with E-state index in [9.17, 15) is 35.4 Å². The highest BCUT2D eigenvalue weighted by Crippen LogP contribution is 2.23. The molecule has 10 nitrogen and oxygen atoms in total. The van der Waals surface area contributed by atoms with Gasteiger partial charge in [0.05, 0.1) is 25.4 Å². The third-order valence-corrected chi connectivity index (χ3v) is 16.1. The van der Waals surface area contributed by atoms with Crippen LogP contribution in [0.3, 0.4) is 0 Å². The van der Waals surface area contributed by atoms with Crippen molar-refractivity contribution in [2.24, 2.45) is 0 Å². The van der Waals surface area contributed by atoms with Crippen LogP contribution in [0.4, 0.5) is 0 Å². The second-order valence-corrected chi connectivity index (χ2v) is 23.4. The molecule has 1 rings (SSSR count). The molecule has 8 atom stereocenters. The highest BCUT2D eigenvalue weighted by molar-refractivity contribution is 5.80. The van der Waals surface area contributed by atoms with Crippen LogP contribution in [0.25, 0.3) is 0 Å². The summed E-state index contributed by atoms with van der Waals surface area (Å²) in [6, 6.07) is -0.978. The van der Waals surface area contributed by atoms with Crippen molar-refractivity contribution in [3.63, 3.8) is 0 Å². The van der Waals surface area contributed by atoms with E-state index in [4.69, 9.17) is 9.47 Å². The summed E-state index contributed by atoms with van der Waals surface area (Å²) < 4.78 is 11.2. The van der Waals surface area contributed by atoms with Crippen molar-refractivity contribution >= 4 is 5.91 Å². The van der Waals surface area contributed by atoms with Gasteiger partial charge in [0.2, 0.25) is 5.91 Å². The third-order valence-electron chi connectivity index (χ3n) is 16.1. The van der Waals surface area contributed by atoms with Crippen molar-refractivity contribution in [3.8, 4) is 0 Å². The Morgan fingerprint density at radius 1 is 0.447 bits per heavy atom. The smallest absolute Gasteiger partial charge is 0.249 e. The van der Waals surface area contributed by atoms with Crippen LogP contribution in [0.15, 0.2) is 24.3 Å². The van der Waals surface area contributed by atoms with Crippen LogP contribution in [0.5, 0.6) is 0 Å². The number of nitrogens with one attached hydrogen (secondary N) is 1. The summed E-state index contributed by atoms with van der Waals surface area (Å²) in [7, 11) is 0. The van der Waals surface area contributed by atoms with Crippen LogP contribution < -0.4 is 5.32 Å². The quantitative estimate of drug-likeness (QED) is 0.0232. The Morgan fingerprint density at radius 2 is 0.763 bits per heavy atom. The zero-order chi connectivity index (χ0) is 55.2. The van der Waals surface area contributed by atoms with Gasteiger partial charge in [-0.15, -0.1) is 0 Å². The van der Waals surface area contributed by atoms with Gasteiger partial charge in [0.1, 0.15) is 30.5 Å². The molecular weight excluding hydrogens is 951 g/mol. The number of hydrogen-bond donors (Lipinski definition) is 7. The lowest BCUT2D eigenvalue weighted by Crippen LogP contribution is -2.60. The standard InChI is InChI=1S/C66H127NO9/c1-3-5-7-9-11-13-15-17-18-19-20-21-22-23-24-25-26-27-28-29-30-31-32-33-34-35-36-37-38-39-40-41-43-45-47-49-51-53-55-60(70)65(74)67-58(57-75-66-64(73)63(72)62(71)61(56-68)76-66)59(69)54-52-50-48-46-44-42-16-14-12-10-8-6-4-2/h29-30,52,54,58-64,66,68-73H,3-28,31-51,53,55-57H2,1-2H3,(H,67,74)/b30-29-,54-52+. The number of rotatable bonds is 58. The minimum atomic E-state index is -1.61. The second kappa shape index (κ2) is 55.5. The molecule has 1 saturated heterocycles. The monoisotopic (exact) mass is 1080 g/mol. The lowest BCUT2D eigenvalue weighted by molar-refractivity contribution is -0.302. The second-order valence-electron chi connectivity index (χ2n) is 23.4. The SMILES string of the molecule is CCCCCCCCCCCCC/C=C/C(O)C(COC1OC(CO)C(O)C(O)C1O)NC(=O)C(O)CCCCCCCCCCCCCCCCCC/C=C\CCCCCCCCCCCCCCCCCCCC. The molecule has 1 aliphatic rings. The molecule has 0 saturated carbocycles. The van der Waals surface area contributed by atoms with E-state index in [-0.39, 0.29) is 6.61 Å². The first-order valence-corrected chi connectivity index (χ1v) is 33.2. The molecule has 1 fully saturated rings. The van der Waals surface area contributed by atoms with Gasteiger partial charge in [-0.2, -0.15) is 0 Å². The molecule has 0 aromatic rings. The molecule has 0 bridgehead atoms. The largest absolute Gasteiger partial charge is 0.394 e. The van der Waals surface area contributed by atoms with E-state index in [0.717, 1.165) is 44.9 Å². The van der Waals surface area contributed by atoms with Crippen molar-refractivity contribution in [2.45, 2.75) is 377 Å². The number of unbranched alkanes of at least 4 members (excludes halogenated alkanes) is 45. The minimum Gasteiger partial charge on any atom is -0.394 e. The molecule has 8 unspecified atom stereocenters. The van der Waals surface area contributed by atoms with Crippen LogP contribution in [0, 0.1) is 0 Å². The number of carbonyl (C=O) groups excluding carboxylic acids is 1. The first-order chi connectivity index (χ1) is 37.3. The van der Waals surface area contributed by atoms with Crippen LogP contribution in [0.2, 0.25) is 0 Å². The molecule has 0 aliphatic carbocycles. The predicted molar refractivity (Wildman–Crippen MR) is 320 cm³/mol. The van der Waals surface area contributed by atoms with Gasteiger partial charge in [-0.3, -0.25) is 4.79 Å². The fourth-order valence-corrected chi connectivity index (χ4v) is 10.8. The van der Waals surface area contributed by atoms with Gasteiger partial charge in [-0.05, 0) is 44.9 Å². The van der Waals surface area contributed by atoms with Gasteiger partial charge in [-0.25, -0.2) is 0 Å². The number of aliphatic hydroxyl groups is 6. The first-order valence-electron chi connectivity index (χ1n) is 33.2. The maximum atomic E-state index is 13.1. The van der Waals surface area contributed by atoms with Gasteiger partial charge in [0.25, 0.3) is 0 Å². The number of aliphatic hydroxyl groups excluding tert-OH is 6. The summed E-state index contributed by atoms with van der Waals surface area (Å²) in [5.74, 6) is -0.612. The molecule has 1 aliphatic heterocycles. The molecule has 0 radical (unpaired) electrons. The fourth-order valence-electron chi connectivity index (χ4n) is 10.8. The Balaban J connectivity index is 2.06. The van der Waals surface area contributed by atoms with E-state index < -0.39 is 61.5 Å². The van der Waals surface area contributed by atoms with Gasteiger partial charge in [-0.1, -0.05) is 308 Å². The zero-order valence-electron chi connectivity index (χ0n) is 49.9. The molecule has 0 spiro atoms. The van der Waals surface area contributed by atoms with E-state index in [1.165, 1.54) is 263 Å². The zero-order valence-corrected chi connectivity index (χ0v) is 49.9. The van der Waals surface area contributed by atoms with E-state index in [1.54, 1.807) is 6.08 Å². The van der Waals surface area contributed by atoms with Crippen molar-refractivity contribution in [1.82, 2.24) is 5.32 Å². The van der Waals surface area contributed by atoms with Crippen LogP contribution in [-0.4, -0.2) is 98.7 Å². The Hall–Kier alpha value is -1.37. The van der Waals surface area contributed by atoms with Gasteiger partial charge in [0.15, 0.2) is 6.29 Å². The number of allylic oxidation sites excluding steroid dienone is 3. The van der Waals surface area contributed by atoms with Crippen molar-refractivity contribution < 1.29 is 44.9 Å². The minimum absolute atomic E-state index is 0.302. The summed E-state index contributed by atoms with van der Waals surface area (Å²) in [6.07, 6.45) is 61.9. The summed E-state index contributed by atoms with van der Waals surface area (Å²) in [6.45, 7) is 3.64. The van der Waals surface area contributed by atoms with Crippen LogP contribution in [-0.2, 0) is 14.3 Å². The van der Waals surface area contributed by atoms with Gasteiger partial charge >= 0.3 is 0 Å². The summed E-state index contributed by atoms with van der Waals surface area (Å²) >= 11 is 0. The van der Waals surface area contributed by atoms with E-state index in [0.29, 0.717) is 6.42 Å². The number of ether oxygens (including phenoxy) is 2. The number of carbonyl (C=O) groups is 1. The van der Waals surface area contributed by atoms with Crippen LogP contribution in [0.1, 0.15) is 328 Å². The van der Waals surface area contributed by atoms with E-state index in [2.05, 4.69) is 31.3 Å². The molecular formula is C66H127NO9. The first kappa shape index (κ1) is 72.6. The highest BCUT2D eigenvalue weighted by atomic mass is 16.7. The molecule has 0 aromatic heterocycles. The van der Waals surface area contributed by atoms with E-state index >= 15 is 0 Å². The van der Waals surface area contributed by atoms with Crippen molar-refractivity contribution in [2.75, 3.05) is 13.2 Å². The maximum absolute atomic E-state index is 13.1. The normalized spacial score (nSPS) is 19.3. The molecule has 10 heteroatoms. The molecule has 450 valence electrons. The number of hydrogen-bond acceptors (Lipinski definition) is 9. The third kappa shape index (κ3) is 43.4. The van der Waals surface area contributed by atoms with Crippen LogP contribution >= 0.6 is 0 Å². The maximum Gasteiger partial charge on any atom is 0.249 e. The van der Waals surface area contributed by atoms with Crippen molar-refractivity contribution in [3.05, 3.63) is 24.3 Å². The van der Waals surface area contributed by atoms with Crippen molar-refractivity contribution in [1.29, 1.82) is 0 Å². The lowest BCUT2D eigenvalue weighted by Gasteiger charge is -2.40.